The third kappa shape index (κ3) is 4.89. The van der Waals surface area contributed by atoms with Crippen molar-refractivity contribution in [3.8, 4) is 5.75 Å². The zero-order chi connectivity index (χ0) is 24.5. The number of pyridine rings is 1. The lowest BCUT2D eigenvalue weighted by Crippen LogP contribution is -2.30. The Morgan fingerprint density at radius 3 is 2.55 bits per heavy atom. The van der Waals surface area contributed by atoms with E-state index in [-0.39, 0.29) is 30.0 Å². The monoisotopic (exact) mass is 475 g/mol. The number of hydrogen-bond acceptors (Lipinski definition) is 4. The molecule has 0 aliphatic carbocycles. The largest absolute Gasteiger partial charge is 0.492 e. The second kappa shape index (κ2) is 9.53. The van der Waals surface area contributed by atoms with Crippen molar-refractivity contribution in [2.75, 3.05) is 13.2 Å². The molecule has 2 aromatic carbocycles. The third-order valence-electron chi connectivity index (χ3n) is 5.62. The Balaban J connectivity index is 2.37. The van der Waals surface area contributed by atoms with E-state index < -0.39 is 34.2 Å². The Morgan fingerprint density at radius 2 is 1.97 bits per heavy atom. The molecule has 0 unspecified atom stereocenters. The lowest BCUT2D eigenvalue weighted by molar-refractivity contribution is 0.0692. The van der Waals surface area contributed by atoms with E-state index >= 15 is 0 Å². The van der Waals surface area contributed by atoms with Gasteiger partial charge in [0.25, 0.3) is 0 Å². The van der Waals surface area contributed by atoms with Gasteiger partial charge in [-0.25, -0.2) is 9.18 Å². The predicted octanol–water partition coefficient (Wildman–Crippen LogP) is 5.06. The van der Waals surface area contributed by atoms with Gasteiger partial charge in [-0.3, -0.25) is 4.79 Å². The molecule has 0 amide bonds. The van der Waals surface area contributed by atoms with Crippen LogP contribution in [0.1, 0.15) is 55.2 Å². The highest BCUT2D eigenvalue weighted by atomic mass is 35.5. The van der Waals surface area contributed by atoms with Gasteiger partial charge in [0.05, 0.1) is 35.2 Å². The number of fused-ring (bicyclic) bond motifs is 1. The molecule has 33 heavy (non-hydrogen) atoms. The van der Waals surface area contributed by atoms with Crippen molar-refractivity contribution in [1.29, 1.82) is 0 Å². The zero-order valence-corrected chi connectivity index (χ0v) is 19.7. The van der Waals surface area contributed by atoms with Crippen LogP contribution < -0.4 is 10.2 Å². The van der Waals surface area contributed by atoms with Crippen molar-refractivity contribution in [3.63, 3.8) is 0 Å². The molecule has 6 nitrogen and oxygen atoms in total. The summed E-state index contributed by atoms with van der Waals surface area (Å²) in [6.07, 6.45) is 1.39. The number of aromatic carboxylic acids is 1. The molecule has 0 bridgehead atoms. The number of carboxylic acids is 1. The van der Waals surface area contributed by atoms with Crippen LogP contribution in [0.5, 0.6) is 5.75 Å². The quantitative estimate of drug-likeness (QED) is 0.498. The average molecular weight is 476 g/mol. The van der Waals surface area contributed by atoms with E-state index in [1.165, 1.54) is 12.3 Å². The minimum absolute atomic E-state index is 0.00944. The van der Waals surface area contributed by atoms with E-state index in [0.29, 0.717) is 22.4 Å². The van der Waals surface area contributed by atoms with Crippen molar-refractivity contribution in [2.24, 2.45) is 5.41 Å². The molecule has 8 heteroatoms. The number of rotatable bonds is 7. The smallest absolute Gasteiger partial charge is 0.341 e. The molecule has 0 spiro atoms. The Morgan fingerprint density at radius 1 is 1.27 bits per heavy atom. The van der Waals surface area contributed by atoms with Crippen LogP contribution in [0.2, 0.25) is 5.02 Å². The highest BCUT2D eigenvalue weighted by Gasteiger charge is 2.29. The first kappa shape index (κ1) is 24.7. The van der Waals surface area contributed by atoms with Gasteiger partial charge >= 0.3 is 5.97 Å². The maximum Gasteiger partial charge on any atom is 0.341 e. The Bertz CT molecular complexity index is 1260. The molecule has 0 saturated heterocycles. The molecule has 2 N–H and O–H groups in total. The maximum atomic E-state index is 14.5. The molecule has 0 saturated carbocycles. The molecule has 0 aliphatic heterocycles. The summed E-state index contributed by atoms with van der Waals surface area (Å²) in [5.74, 6) is -1.57. The van der Waals surface area contributed by atoms with Crippen LogP contribution in [0.25, 0.3) is 10.9 Å². The number of benzene rings is 2. The SMILES string of the molecule is CCOc1cc(Cc2cccc(Cl)c2F)cc2c(=O)c(C(=O)O)cn([C@H](CO)C(C)(C)C)c12. The minimum Gasteiger partial charge on any atom is -0.492 e. The number of nitrogens with zero attached hydrogens (tertiary/aromatic N) is 1. The van der Waals surface area contributed by atoms with Crippen LogP contribution in [0, 0.1) is 11.2 Å². The van der Waals surface area contributed by atoms with E-state index in [4.69, 9.17) is 16.3 Å². The molecule has 1 atom stereocenters. The first-order chi connectivity index (χ1) is 15.5. The van der Waals surface area contributed by atoms with Crippen molar-refractivity contribution in [3.05, 3.63) is 74.3 Å². The second-order valence-corrected chi connectivity index (χ2v) is 9.37. The van der Waals surface area contributed by atoms with Crippen LogP contribution in [-0.2, 0) is 6.42 Å². The van der Waals surface area contributed by atoms with E-state index in [1.54, 1.807) is 35.8 Å². The highest BCUT2D eigenvalue weighted by Crippen LogP contribution is 2.36. The van der Waals surface area contributed by atoms with Gasteiger partial charge in [0, 0.05) is 12.6 Å². The Kier molecular flexibility index (Phi) is 7.14. The molecule has 3 rings (SSSR count). The molecule has 0 fully saturated rings. The van der Waals surface area contributed by atoms with Crippen molar-refractivity contribution in [2.45, 2.75) is 40.2 Å². The van der Waals surface area contributed by atoms with Gasteiger partial charge in [0.15, 0.2) is 0 Å². The minimum atomic E-state index is -1.37. The summed E-state index contributed by atoms with van der Waals surface area (Å²) in [6.45, 7) is 7.54. The summed E-state index contributed by atoms with van der Waals surface area (Å²) < 4.78 is 22.0. The molecule has 3 aromatic rings. The van der Waals surface area contributed by atoms with Gasteiger partial charge in [0.1, 0.15) is 17.1 Å². The van der Waals surface area contributed by atoms with Crippen molar-refractivity contribution < 1.29 is 24.1 Å². The summed E-state index contributed by atoms with van der Waals surface area (Å²) in [5, 5.41) is 20.0. The second-order valence-electron chi connectivity index (χ2n) is 8.96. The number of aromatic nitrogens is 1. The van der Waals surface area contributed by atoms with Crippen molar-refractivity contribution in [1.82, 2.24) is 4.57 Å². The first-order valence-electron chi connectivity index (χ1n) is 10.6. The normalized spacial score (nSPS) is 12.7. The van der Waals surface area contributed by atoms with Gasteiger partial charge in [-0.2, -0.15) is 0 Å². The van der Waals surface area contributed by atoms with Crippen LogP contribution >= 0.6 is 11.6 Å². The number of aliphatic hydroxyl groups is 1. The van der Waals surface area contributed by atoms with E-state index in [2.05, 4.69) is 0 Å². The lowest BCUT2D eigenvalue weighted by atomic mass is 9.86. The summed E-state index contributed by atoms with van der Waals surface area (Å²) in [6, 6.07) is 7.41. The van der Waals surface area contributed by atoms with E-state index in [0.717, 1.165) is 0 Å². The van der Waals surface area contributed by atoms with Gasteiger partial charge in [0.2, 0.25) is 5.43 Å². The van der Waals surface area contributed by atoms with Crippen LogP contribution in [0.15, 0.2) is 41.3 Å². The Labute approximate surface area is 196 Å². The fraction of sp³-hybridized carbons (Fsp3) is 0.360. The number of halogens is 2. The fourth-order valence-corrected chi connectivity index (χ4v) is 4.16. The maximum absolute atomic E-state index is 14.5. The number of carboxylic acid groups (broad SMARTS) is 1. The first-order valence-corrected chi connectivity index (χ1v) is 11.0. The van der Waals surface area contributed by atoms with Crippen molar-refractivity contribution >= 4 is 28.5 Å². The van der Waals surface area contributed by atoms with Gasteiger partial charge in [-0.1, -0.05) is 44.5 Å². The van der Waals surface area contributed by atoms with E-state index in [9.17, 15) is 24.2 Å². The summed E-state index contributed by atoms with van der Waals surface area (Å²) in [5.41, 5.74) is -0.265. The summed E-state index contributed by atoms with van der Waals surface area (Å²) >= 11 is 5.91. The zero-order valence-electron chi connectivity index (χ0n) is 19.0. The number of carbonyl (C=O) groups is 1. The molecule has 0 aliphatic rings. The molecule has 1 aromatic heterocycles. The average Bonchev–Trinajstić information content (AvgIpc) is 2.72. The molecule has 176 valence electrons. The summed E-state index contributed by atoms with van der Waals surface area (Å²) in [4.78, 5) is 25.0. The van der Waals surface area contributed by atoms with Gasteiger partial charge < -0.3 is 19.5 Å². The Hall–Kier alpha value is -2.90. The molecular formula is C25H27ClFNO5. The third-order valence-corrected chi connectivity index (χ3v) is 5.91. The van der Waals surface area contributed by atoms with Crippen LogP contribution in [0.3, 0.4) is 0 Å². The van der Waals surface area contributed by atoms with Gasteiger partial charge in [-0.15, -0.1) is 0 Å². The number of aliphatic hydroxyl groups excluding tert-OH is 1. The predicted molar refractivity (Wildman–Crippen MR) is 126 cm³/mol. The molecule has 0 radical (unpaired) electrons. The van der Waals surface area contributed by atoms with Crippen LogP contribution in [0.4, 0.5) is 4.39 Å². The van der Waals surface area contributed by atoms with E-state index in [1.807, 2.05) is 20.8 Å². The highest BCUT2D eigenvalue weighted by molar-refractivity contribution is 6.30. The van der Waals surface area contributed by atoms with Gasteiger partial charge in [-0.05, 0) is 41.7 Å². The summed E-state index contributed by atoms with van der Waals surface area (Å²) in [7, 11) is 0. The fourth-order valence-electron chi connectivity index (χ4n) is 3.96. The number of hydrogen-bond donors (Lipinski definition) is 2. The standard InChI is InChI=1S/C25H27ClFNO5/c1-5-33-19-11-14(9-15-7-6-8-18(26)21(15)27)10-16-22(19)28(20(13-29)25(2,3)4)12-17(23(16)30)24(31)32/h6-8,10-12,20,29H,5,9,13H2,1-4H3,(H,31,32)/t20-/m1/s1. The van der Waals surface area contributed by atoms with Crippen LogP contribution in [-0.4, -0.2) is 34.0 Å². The molecular weight excluding hydrogens is 449 g/mol. The lowest BCUT2D eigenvalue weighted by Gasteiger charge is -2.33. The number of ether oxygens (including phenoxy) is 1. The topological polar surface area (TPSA) is 88.8 Å². The molecule has 1 heterocycles.